The predicted molar refractivity (Wildman–Crippen MR) is 108 cm³/mol. The van der Waals surface area contributed by atoms with E-state index in [1.807, 2.05) is 30.3 Å². The van der Waals surface area contributed by atoms with E-state index in [2.05, 4.69) is 38.3 Å². The van der Waals surface area contributed by atoms with Crippen LogP contribution in [0.3, 0.4) is 0 Å². The van der Waals surface area contributed by atoms with Crippen LogP contribution in [-0.4, -0.2) is 37.1 Å². The lowest BCUT2D eigenvalue weighted by atomic mass is 10.0. The number of likely N-dealkylation sites (tertiary alicyclic amines) is 1. The average molecular weight is 431 g/mol. The van der Waals surface area contributed by atoms with Gasteiger partial charge in [-0.05, 0) is 61.3 Å². The van der Waals surface area contributed by atoms with E-state index in [1.165, 1.54) is 5.56 Å². The number of carbonyl (C=O) groups is 1. The standard InChI is InChI=1S/C21H23BrN2O3/c22-16-5-7-17(8-6-16)23-21(25)14-24-10-1-3-18(24)15-4-9-19-20(13-15)27-12-2-11-26-19/h4-9,13,18H,1-3,10-12,14H2,(H,23,25)/t18-/m0/s1. The van der Waals surface area contributed by atoms with Crippen molar-refractivity contribution in [3.8, 4) is 11.5 Å². The first-order valence-electron chi connectivity index (χ1n) is 9.38. The van der Waals surface area contributed by atoms with Crippen LogP contribution in [0.1, 0.15) is 30.9 Å². The highest BCUT2D eigenvalue weighted by atomic mass is 79.9. The molecule has 1 atom stereocenters. The van der Waals surface area contributed by atoms with Crippen LogP contribution < -0.4 is 14.8 Å². The Balaban J connectivity index is 1.43. The van der Waals surface area contributed by atoms with Gasteiger partial charge in [0.15, 0.2) is 11.5 Å². The summed E-state index contributed by atoms with van der Waals surface area (Å²) in [5.41, 5.74) is 2.00. The fourth-order valence-corrected chi connectivity index (χ4v) is 3.96. The third-order valence-electron chi connectivity index (χ3n) is 4.99. The molecule has 0 unspecified atom stereocenters. The van der Waals surface area contributed by atoms with Crippen molar-refractivity contribution in [3.05, 3.63) is 52.5 Å². The molecule has 1 amide bonds. The van der Waals surface area contributed by atoms with Crippen molar-refractivity contribution in [1.82, 2.24) is 4.90 Å². The van der Waals surface area contributed by atoms with E-state index in [9.17, 15) is 4.79 Å². The number of carbonyl (C=O) groups excluding carboxylic acids is 1. The van der Waals surface area contributed by atoms with Crippen molar-refractivity contribution in [1.29, 1.82) is 0 Å². The van der Waals surface area contributed by atoms with Crippen LogP contribution in [-0.2, 0) is 4.79 Å². The zero-order valence-electron chi connectivity index (χ0n) is 15.1. The van der Waals surface area contributed by atoms with Crippen LogP contribution in [0.25, 0.3) is 0 Å². The van der Waals surface area contributed by atoms with Gasteiger partial charge in [-0.15, -0.1) is 0 Å². The number of hydrogen-bond donors (Lipinski definition) is 1. The number of amides is 1. The summed E-state index contributed by atoms with van der Waals surface area (Å²) in [6, 6.07) is 14.0. The van der Waals surface area contributed by atoms with Gasteiger partial charge in [0.25, 0.3) is 0 Å². The summed E-state index contributed by atoms with van der Waals surface area (Å²) in [6.45, 7) is 2.68. The van der Waals surface area contributed by atoms with Crippen molar-refractivity contribution in [2.45, 2.75) is 25.3 Å². The quantitative estimate of drug-likeness (QED) is 0.781. The minimum Gasteiger partial charge on any atom is -0.490 e. The SMILES string of the molecule is O=C(CN1CCC[C@H]1c1ccc2c(c1)OCCCO2)Nc1ccc(Br)cc1. The van der Waals surface area contributed by atoms with Gasteiger partial charge in [0.2, 0.25) is 5.91 Å². The molecule has 2 heterocycles. The highest BCUT2D eigenvalue weighted by Gasteiger charge is 2.28. The van der Waals surface area contributed by atoms with Crippen molar-refractivity contribution in [2.75, 3.05) is 31.6 Å². The molecule has 1 N–H and O–H groups in total. The molecule has 0 spiro atoms. The van der Waals surface area contributed by atoms with E-state index in [4.69, 9.17) is 9.47 Å². The molecule has 6 heteroatoms. The molecule has 0 saturated carbocycles. The number of nitrogens with zero attached hydrogens (tertiary/aromatic N) is 1. The van der Waals surface area contributed by atoms with Crippen molar-refractivity contribution < 1.29 is 14.3 Å². The smallest absolute Gasteiger partial charge is 0.238 e. The normalized spacial score (nSPS) is 19.5. The summed E-state index contributed by atoms with van der Waals surface area (Å²) in [5, 5.41) is 2.98. The monoisotopic (exact) mass is 430 g/mol. The Morgan fingerprint density at radius 1 is 1.07 bits per heavy atom. The summed E-state index contributed by atoms with van der Waals surface area (Å²) >= 11 is 3.41. The lowest BCUT2D eigenvalue weighted by Crippen LogP contribution is -2.32. The zero-order chi connectivity index (χ0) is 18.6. The van der Waals surface area contributed by atoms with Gasteiger partial charge in [0.1, 0.15) is 0 Å². The van der Waals surface area contributed by atoms with Crippen molar-refractivity contribution >= 4 is 27.5 Å². The summed E-state index contributed by atoms with van der Waals surface area (Å²) < 4.78 is 12.5. The predicted octanol–water partition coefficient (Wildman–Crippen LogP) is 4.39. The second-order valence-electron chi connectivity index (χ2n) is 6.94. The first kappa shape index (κ1) is 18.3. The number of ether oxygens (including phenoxy) is 2. The van der Waals surface area contributed by atoms with E-state index < -0.39 is 0 Å². The zero-order valence-corrected chi connectivity index (χ0v) is 16.7. The van der Waals surface area contributed by atoms with Gasteiger partial charge in [-0.2, -0.15) is 0 Å². The van der Waals surface area contributed by atoms with Gasteiger partial charge in [0, 0.05) is 22.6 Å². The molecule has 1 fully saturated rings. The number of anilines is 1. The molecular formula is C21H23BrN2O3. The molecule has 0 aliphatic carbocycles. The van der Waals surface area contributed by atoms with Crippen LogP contribution in [0.4, 0.5) is 5.69 Å². The summed E-state index contributed by atoms with van der Waals surface area (Å²) in [4.78, 5) is 14.7. The minimum absolute atomic E-state index is 0.0126. The third-order valence-corrected chi connectivity index (χ3v) is 5.52. The molecule has 5 nitrogen and oxygen atoms in total. The van der Waals surface area contributed by atoms with E-state index in [1.54, 1.807) is 0 Å². The van der Waals surface area contributed by atoms with Crippen LogP contribution in [0.15, 0.2) is 46.9 Å². The molecule has 27 heavy (non-hydrogen) atoms. The number of fused-ring (bicyclic) bond motifs is 1. The van der Waals surface area contributed by atoms with Gasteiger partial charge in [0.05, 0.1) is 19.8 Å². The fourth-order valence-electron chi connectivity index (χ4n) is 3.70. The average Bonchev–Trinajstić information content (AvgIpc) is 2.99. The van der Waals surface area contributed by atoms with Gasteiger partial charge < -0.3 is 14.8 Å². The van der Waals surface area contributed by atoms with Crippen LogP contribution in [0.2, 0.25) is 0 Å². The Morgan fingerprint density at radius 3 is 2.67 bits per heavy atom. The van der Waals surface area contributed by atoms with Gasteiger partial charge in [-0.25, -0.2) is 0 Å². The van der Waals surface area contributed by atoms with Crippen LogP contribution in [0, 0.1) is 0 Å². The van der Waals surface area contributed by atoms with Gasteiger partial charge in [-0.3, -0.25) is 9.69 Å². The number of rotatable bonds is 4. The molecule has 2 aromatic carbocycles. The Labute approximate surface area is 167 Å². The van der Waals surface area contributed by atoms with Crippen molar-refractivity contribution in [3.63, 3.8) is 0 Å². The Morgan fingerprint density at radius 2 is 1.85 bits per heavy atom. The topological polar surface area (TPSA) is 50.8 Å². The maximum atomic E-state index is 12.5. The lowest BCUT2D eigenvalue weighted by molar-refractivity contribution is -0.117. The molecule has 0 aromatic heterocycles. The summed E-state index contributed by atoms with van der Waals surface area (Å²) in [6.07, 6.45) is 3.03. The largest absolute Gasteiger partial charge is 0.490 e. The molecule has 2 aliphatic heterocycles. The molecule has 4 rings (SSSR count). The third kappa shape index (κ3) is 4.45. The maximum absolute atomic E-state index is 12.5. The first-order valence-corrected chi connectivity index (χ1v) is 10.2. The van der Waals surface area contributed by atoms with Crippen LogP contribution in [0.5, 0.6) is 11.5 Å². The molecule has 1 saturated heterocycles. The summed E-state index contributed by atoms with van der Waals surface area (Å²) in [5.74, 6) is 1.64. The van der Waals surface area contributed by atoms with Crippen molar-refractivity contribution in [2.24, 2.45) is 0 Å². The molecule has 0 bridgehead atoms. The Kier molecular flexibility index (Phi) is 5.64. The minimum atomic E-state index is 0.0126. The molecule has 2 aliphatic rings. The second-order valence-corrected chi connectivity index (χ2v) is 7.86. The number of nitrogens with one attached hydrogen (secondary N) is 1. The number of halogens is 1. The fraction of sp³-hybridized carbons (Fsp3) is 0.381. The van der Waals surface area contributed by atoms with Gasteiger partial charge >= 0.3 is 0 Å². The summed E-state index contributed by atoms with van der Waals surface area (Å²) in [7, 11) is 0. The molecular weight excluding hydrogens is 408 g/mol. The van der Waals surface area contributed by atoms with E-state index in [0.29, 0.717) is 19.8 Å². The van der Waals surface area contributed by atoms with Crippen LogP contribution >= 0.6 is 15.9 Å². The molecule has 2 aromatic rings. The highest BCUT2D eigenvalue weighted by molar-refractivity contribution is 9.10. The molecule has 142 valence electrons. The number of hydrogen-bond acceptors (Lipinski definition) is 4. The molecule has 0 radical (unpaired) electrons. The second kappa shape index (κ2) is 8.31. The van der Waals surface area contributed by atoms with Gasteiger partial charge in [-0.1, -0.05) is 22.0 Å². The van der Waals surface area contributed by atoms with E-state index >= 15 is 0 Å². The maximum Gasteiger partial charge on any atom is 0.238 e. The Hall–Kier alpha value is -2.05. The lowest BCUT2D eigenvalue weighted by Gasteiger charge is -2.25. The Bertz CT molecular complexity index is 810. The first-order chi connectivity index (χ1) is 13.2. The highest BCUT2D eigenvalue weighted by Crippen LogP contribution is 2.37. The van der Waals surface area contributed by atoms with E-state index in [-0.39, 0.29) is 11.9 Å². The number of benzene rings is 2. The van der Waals surface area contributed by atoms with E-state index in [0.717, 1.165) is 47.5 Å².